The first-order valence-electron chi connectivity index (χ1n) is 9.47. The molecular formula is C20H20F3N5O3. The average molecular weight is 435 g/mol. The summed E-state index contributed by atoms with van der Waals surface area (Å²) in [5.41, 5.74) is 0.257. The molecule has 2 amide bonds. The second kappa shape index (κ2) is 9.45. The van der Waals surface area contributed by atoms with Gasteiger partial charge in [-0.1, -0.05) is 18.2 Å². The van der Waals surface area contributed by atoms with Crippen LogP contribution in [0, 0.1) is 0 Å². The third-order valence-electron chi connectivity index (χ3n) is 4.29. The number of halogens is 3. The molecule has 3 aromatic rings. The van der Waals surface area contributed by atoms with Crippen molar-refractivity contribution in [1.82, 2.24) is 19.9 Å². The Bertz CT molecular complexity index is 1060. The number of alkyl halides is 3. The Morgan fingerprint density at radius 1 is 1.03 bits per heavy atom. The number of benzene rings is 1. The normalized spacial score (nSPS) is 11.4. The van der Waals surface area contributed by atoms with Gasteiger partial charge in [0.2, 0.25) is 23.6 Å². The molecule has 11 heteroatoms. The Balaban J connectivity index is 1.50. The number of nitrogens with zero attached hydrogens (tertiary/aromatic N) is 3. The Morgan fingerprint density at radius 3 is 2.42 bits per heavy atom. The zero-order valence-corrected chi connectivity index (χ0v) is 16.6. The Morgan fingerprint density at radius 2 is 1.74 bits per heavy atom. The summed E-state index contributed by atoms with van der Waals surface area (Å²) < 4.78 is 44.8. The molecule has 0 aliphatic rings. The van der Waals surface area contributed by atoms with E-state index in [0.29, 0.717) is 23.7 Å². The molecular weight excluding hydrogens is 415 g/mol. The molecule has 31 heavy (non-hydrogen) atoms. The van der Waals surface area contributed by atoms with E-state index in [1.807, 2.05) is 6.92 Å². The van der Waals surface area contributed by atoms with E-state index in [4.69, 9.17) is 4.74 Å². The van der Waals surface area contributed by atoms with E-state index in [2.05, 4.69) is 20.8 Å². The number of hydrogen-bond acceptors (Lipinski definition) is 5. The van der Waals surface area contributed by atoms with E-state index >= 15 is 0 Å². The fraction of sp³-hybridized carbons (Fsp3) is 0.300. The lowest BCUT2D eigenvalue weighted by Gasteiger charge is -2.09. The molecule has 0 fully saturated rings. The Labute approximate surface area is 175 Å². The number of aromatic nitrogens is 3. The van der Waals surface area contributed by atoms with Gasteiger partial charge in [0.05, 0.1) is 12.2 Å². The molecule has 8 nitrogen and oxygen atoms in total. The molecule has 3 rings (SSSR count). The van der Waals surface area contributed by atoms with Gasteiger partial charge in [-0.2, -0.15) is 13.2 Å². The van der Waals surface area contributed by atoms with Crippen LogP contribution in [0.5, 0.6) is 5.88 Å². The maximum Gasteiger partial charge on any atom is 0.416 e. The van der Waals surface area contributed by atoms with Crippen molar-refractivity contribution < 1.29 is 27.5 Å². The van der Waals surface area contributed by atoms with E-state index in [1.165, 1.54) is 12.1 Å². The van der Waals surface area contributed by atoms with Crippen LogP contribution in [0.1, 0.15) is 30.9 Å². The molecule has 0 saturated heterocycles. The molecule has 0 atom stereocenters. The minimum atomic E-state index is -4.41. The van der Waals surface area contributed by atoms with E-state index < -0.39 is 23.6 Å². The predicted octanol–water partition coefficient (Wildman–Crippen LogP) is 3.18. The van der Waals surface area contributed by atoms with Crippen LogP contribution in [-0.2, 0) is 22.3 Å². The summed E-state index contributed by atoms with van der Waals surface area (Å²) in [6, 6.07) is 9.67. The molecule has 0 unspecified atom stereocenters. The second-order valence-electron chi connectivity index (χ2n) is 6.53. The highest BCUT2D eigenvalue weighted by Crippen LogP contribution is 2.29. The lowest BCUT2D eigenvalue weighted by atomic mass is 10.1. The number of carbonyl (C=O) groups is 2. The molecule has 0 spiro atoms. The number of pyridine rings is 1. The number of hydrogen-bond donors (Lipinski definition) is 2. The lowest BCUT2D eigenvalue weighted by Crippen LogP contribution is -2.24. The average Bonchev–Trinajstić information content (AvgIpc) is 3.14. The molecule has 0 bridgehead atoms. The van der Waals surface area contributed by atoms with Crippen LogP contribution in [0.25, 0.3) is 5.65 Å². The molecule has 2 N–H and O–H groups in total. The molecule has 0 aliphatic carbocycles. The predicted molar refractivity (Wildman–Crippen MR) is 105 cm³/mol. The van der Waals surface area contributed by atoms with Gasteiger partial charge in [-0.3, -0.25) is 14.9 Å². The third-order valence-corrected chi connectivity index (χ3v) is 4.29. The molecule has 164 valence electrons. The summed E-state index contributed by atoms with van der Waals surface area (Å²) in [5.74, 6) is -0.203. The summed E-state index contributed by atoms with van der Waals surface area (Å²) in [6.45, 7) is 2.31. The number of carbonyl (C=O) groups excluding carboxylic acids is 2. The van der Waals surface area contributed by atoms with Crippen molar-refractivity contribution in [2.45, 2.75) is 32.5 Å². The maximum atomic E-state index is 12.6. The van der Waals surface area contributed by atoms with Crippen LogP contribution < -0.4 is 15.4 Å². The minimum absolute atomic E-state index is 0.0606. The highest BCUT2D eigenvalue weighted by Gasteiger charge is 2.29. The van der Waals surface area contributed by atoms with E-state index in [-0.39, 0.29) is 25.3 Å². The van der Waals surface area contributed by atoms with Gasteiger partial charge in [-0.25, -0.2) is 4.40 Å². The van der Waals surface area contributed by atoms with Gasteiger partial charge in [-0.05, 0) is 36.8 Å². The summed E-state index contributed by atoms with van der Waals surface area (Å²) in [6.07, 6.45) is -4.61. The van der Waals surface area contributed by atoms with Crippen molar-refractivity contribution in [3.63, 3.8) is 0 Å². The standard InChI is InChI=1S/C20H20F3N5O3/c1-2-31-18-5-3-4-15-26-27-19(28(15)18)25-17(30)11-10-16(29)24-12-13-6-8-14(9-7-13)20(21,22)23/h3-9H,2,10-12H2,1H3,(H,24,29)(H,25,27,30). The van der Waals surface area contributed by atoms with Gasteiger partial charge in [0.1, 0.15) is 0 Å². The first-order valence-corrected chi connectivity index (χ1v) is 9.47. The molecule has 2 aromatic heterocycles. The van der Waals surface area contributed by atoms with Crippen LogP contribution in [0.3, 0.4) is 0 Å². The van der Waals surface area contributed by atoms with Crippen LogP contribution in [0.4, 0.5) is 19.1 Å². The number of nitrogens with one attached hydrogen (secondary N) is 2. The van der Waals surface area contributed by atoms with Crippen molar-refractivity contribution in [2.24, 2.45) is 0 Å². The fourth-order valence-electron chi connectivity index (χ4n) is 2.77. The van der Waals surface area contributed by atoms with Crippen LogP contribution in [-0.4, -0.2) is 33.0 Å². The summed E-state index contributed by atoms with van der Waals surface area (Å²) in [5, 5.41) is 13.1. The van der Waals surface area contributed by atoms with Gasteiger partial charge in [-0.15, -0.1) is 10.2 Å². The third kappa shape index (κ3) is 5.71. The Kier molecular flexibility index (Phi) is 6.73. The van der Waals surface area contributed by atoms with Gasteiger partial charge in [0.15, 0.2) is 5.65 Å². The monoisotopic (exact) mass is 435 g/mol. The van der Waals surface area contributed by atoms with Gasteiger partial charge in [0.25, 0.3) is 0 Å². The second-order valence-corrected chi connectivity index (χ2v) is 6.53. The highest BCUT2D eigenvalue weighted by molar-refractivity contribution is 5.92. The van der Waals surface area contributed by atoms with E-state index in [0.717, 1.165) is 12.1 Å². The summed E-state index contributed by atoms with van der Waals surface area (Å²) in [7, 11) is 0. The number of amides is 2. The SMILES string of the molecule is CCOc1cccc2nnc(NC(=O)CCC(=O)NCc3ccc(C(F)(F)F)cc3)n12. The van der Waals surface area contributed by atoms with Gasteiger partial charge >= 0.3 is 6.18 Å². The molecule has 2 heterocycles. The van der Waals surface area contributed by atoms with Gasteiger partial charge < -0.3 is 10.1 Å². The van der Waals surface area contributed by atoms with Crippen LogP contribution in [0.2, 0.25) is 0 Å². The van der Waals surface area contributed by atoms with Crippen molar-refractivity contribution in [1.29, 1.82) is 0 Å². The number of rotatable bonds is 8. The first-order chi connectivity index (χ1) is 14.8. The minimum Gasteiger partial charge on any atom is -0.479 e. The molecule has 0 radical (unpaired) electrons. The van der Waals surface area contributed by atoms with Crippen molar-refractivity contribution in [2.75, 3.05) is 11.9 Å². The largest absolute Gasteiger partial charge is 0.479 e. The topological polar surface area (TPSA) is 97.6 Å². The highest BCUT2D eigenvalue weighted by atomic mass is 19.4. The van der Waals surface area contributed by atoms with Gasteiger partial charge in [0, 0.05) is 19.4 Å². The van der Waals surface area contributed by atoms with Crippen LogP contribution >= 0.6 is 0 Å². The fourth-order valence-corrected chi connectivity index (χ4v) is 2.77. The van der Waals surface area contributed by atoms with Crippen molar-refractivity contribution in [3.8, 4) is 5.88 Å². The molecule has 0 aliphatic heterocycles. The molecule has 1 aromatic carbocycles. The Hall–Kier alpha value is -3.63. The van der Waals surface area contributed by atoms with Crippen LogP contribution in [0.15, 0.2) is 42.5 Å². The zero-order chi connectivity index (χ0) is 22.4. The van der Waals surface area contributed by atoms with E-state index in [1.54, 1.807) is 22.6 Å². The van der Waals surface area contributed by atoms with E-state index in [9.17, 15) is 22.8 Å². The van der Waals surface area contributed by atoms with Crippen molar-refractivity contribution >= 4 is 23.4 Å². The molecule has 0 saturated carbocycles. The van der Waals surface area contributed by atoms with Crippen molar-refractivity contribution in [3.05, 3.63) is 53.6 Å². The summed E-state index contributed by atoms with van der Waals surface area (Å²) in [4.78, 5) is 24.2. The maximum absolute atomic E-state index is 12.6. The smallest absolute Gasteiger partial charge is 0.416 e. The number of anilines is 1. The lowest BCUT2D eigenvalue weighted by molar-refractivity contribution is -0.137. The first kappa shape index (κ1) is 22.1. The quantitative estimate of drug-likeness (QED) is 0.567. The number of ether oxygens (including phenoxy) is 1. The number of fused-ring (bicyclic) bond motifs is 1. The summed E-state index contributed by atoms with van der Waals surface area (Å²) >= 11 is 0. The zero-order valence-electron chi connectivity index (χ0n) is 16.6.